The number of hydrogen-bond acceptors (Lipinski definition) is 3. The summed E-state index contributed by atoms with van der Waals surface area (Å²) in [6, 6.07) is 12.2. The van der Waals surface area contributed by atoms with Gasteiger partial charge in [0.1, 0.15) is 11.6 Å². The lowest BCUT2D eigenvalue weighted by atomic mass is 9.96. The SMILES string of the molecule is CN(C)c1cccc(CC[C@@H]2CCCCN2C(=O)c2cccc(F)c2)n1. The molecule has 0 unspecified atom stereocenters. The summed E-state index contributed by atoms with van der Waals surface area (Å²) in [6.45, 7) is 0.741. The maximum atomic E-state index is 13.5. The lowest BCUT2D eigenvalue weighted by Gasteiger charge is -2.36. The molecule has 0 N–H and O–H groups in total. The van der Waals surface area contributed by atoms with Crippen molar-refractivity contribution in [1.29, 1.82) is 0 Å². The summed E-state index contributed by atoms with van der Waals surface area (Å²) in [6.07, 6.45) is 4.84. The molecular weight excluding hydrogens is 329 g/mol. The Morgan fingerprint density at radius 1 is 1.23 bits per heavy atom. The maximum absolute atomic E-state index is 13.5. The molecule has 1 aliphatic rings. The van der Waals surface area contributed by atoms with Crippen molar-refractivity contribution < 1.29 is 9.18 Å². The van der Waals surface area contributed by atoms with Crippen LogP contribution in [0.5, 0.6) is 0 Å². The van der Waals surface area contributed by atoms with Gasteiger partial charge in [-0.25, -0.2) is 9.37 Å². The van der Waals surface area contributed by atoms with Gasteiger partial charge in [-0.3, -0.25) is 4.79 Å². The first-order chi connectivity index (χ1) is 12.5. The van der Waals surface area contributed by atoms with Gasteiger partial charge in [0.25, 0.3) is 5.91 Å². The fraction of sp³-hybridized carbons (Fsp3) is 0.429. The number of anilines is 1. The normalized spacial score (nSPS) is 17.2. The molecule has 26 heavy (non-hydrogen) atoms. The number of pyridine rings is 1. The predicted molar refractivity (Wildman–Crippen MR) is 102 cm³/mol. The van der Waals surface area contributed by atoms with E-state index in [0.29, 0.717) is 5.56 Å². The molecule has 0 spiro atoms. The van der Waals surface area contributed by atoms with E-state index in [1.807, 2.05) is 42.1 Å². The fourth-order valence-electron chi connectivity index (χ4n) is 3.53. The minimum Gasteiger partial charge on any atom is -0.363 e. The first-order valence-corrected chi connectivity index (χ1v) is 9.24. The molecule has 1 amide bonds. The molecule has 138 valence electrons. The second kappa shape index (κ2) is 8.30. The number of hydrogen-bond donors (Lipinski definition) is 0. The monoisotopic (exact) mass is 355 g/mol. The average molecular weight is 355 g/mol. The molecule has 1 saturated heterocycles. The molecule has 4 nitrogen and oxygen atoms in total. The molecule has 1 aromatic carbocycles. The lowest BCUT2D eigenvalue weighted by Crippen LogP contribution is -2.44. The number of nitrogens with zero attached hydrogens (tertiary/aromatic N) is 3. The van der Waals surface area contributed by atoms with Gasteiger partial charge < -0.3 is 9.80 Å². The highest BCUT2D eigenvalue weighted by Gasteiger charge is 2.27. The minimum atomic E-state index is -0.367. The third-order valence-corrected chi connectivity index (χ3v) is 4.94. The number of carbonyl (C=O) groups is 1. The zero-order valence-corrected chi connectivity index (χ0v) is 15.5. The Morgan fingerprint density at radius 3 is 2.81 bits per heavy atom. The Morgan fingerprint density at radius 2 is 2.04 bits per heavy atom. The number of carbonyl (C=O) groups excluding carboxylic acids is 1. The second-order valence-corrected chi connectivity index (χ2v) is 7.08. The predicted octanol–water partition coefficient (Wildman–Crippen LogP) is 3.91. The maximum Gasteiger partial charge on any atom is 0.254 e. The molecule has 2 aromatic rings. The third kappa shape index (κ3) is 4.40. The summed E-state index contributed by atoms with van der Waals surface area (Å²) in [4.78, 5) is 21.4. The van der Waals surface area contributed by atoms with Crippen molar-refractivity contribution in [2.24, 2.45) is 0 Å². The molecule has 0 saturated carbocycles. The van der Waals surface area contributed by atoms with Crippen LogP contribution in [-0.2, 0) is 6.42 Å². The Balaban J connectivity index is 1.69. The van der Waals surface area contributed by atoms with E-state index in [1.54, 1.807) is 12.1 Å². The molecule has 0 bridgehead atoms. The van der Waals surface area contributed by atoms with Gasteiger partial charge in [0.2, 0.25) is 0 Å². The van der Waals surface area contributed by atoms with Crippen LogP contribution in [0.2, 0.25) is 0 Å². The van der Waals surface area contributed by atoms with E-state index >= 15 is 0 Å². The number of piperidine rings is 1. The van der Waals surface area contributed by atoms with E-state index in [1.165, 1.54) is 12.1 Å². The van der Waals surface area contributed by atoms with Crippen LogP contribution in [0.25, 0.3) is 0 Å². The molecule has 1 fully saturated rings. The molecule has 1 aromatic heterocycles. The number of likely N-dealkylation sites (tertiary alicyclic amines) is 1. The highest BCUT2D eigenvalue weighted by atomic mass is 19.1. The van der Waals surface area contributed by atoms with Crippen LogP contribution in [0.3, 0.4) is 0 Å². The zero-order chi connectivity index (χ0) is 18.5. The largest absolute Gasteiger partial charge is 0.363 e. The van der Waals surface area contributed by atoms with Crippen LogP contribution in [-0.4, -0.2) is 42.5 Å². The molecule has 0 aliphatic carbocycles. The van der Waals surface area contributed by atoms with Crippen molar-refractivity contribution in [3.8, 4) is 0 Å². The summed E-state index contributed by atoms with van der Waals surface area (Å²) in [5, 5.41) is 0. The van der Waals surface area contributed by atoms with Crippen molar-refractivity contribution >= 4 is 11.7 Å². The van der Waals surface area contributed by atoms with Crippen molar-refractivity contribution in [1.82, 2.24) is 9.88 Å². The van der Waals surface area contributed by atoms with Gasteiger partial charge in [0, 0.05) is 37.9 Å². The first kappa shape index (κ1) is 18.4. The number of halogens is 1. The van der Waals surface area contributed by atoms with E-state index in [2.05, 4.69) is 4.98 Å². The number of benzene rings is 1. The van der Waals surface area contributed by atoms with Crippen molar-refractivity contribution in [2.75, 3.05) is 25.5 Å². The number of aromatic nitrogens is 1. The van der Waals surface area contributed by atoms with Gasteiger partial charge in [-0.1, -0.05) is 12.1 Å². The summed E-state index contributed by atoms with van der Waals surface area (Å²) < 4.78 is 13.5. The van der Waals surface area contributed by atoms with Crippen LogP contribution >= 0.6 is 0 Å². The Labute approximate surface area is 154 Å². The van der Waals surface area contributed by atoms with Crippen LogP contribution in [0.1, 0.15) is 41.7 Å². The third-order valence-electron chi connectivity index (χ3n) is 4.94. The fourth-order valence-corrected chi connectivity index (χ4v) is 3.53. The number of aryl methyl sites for hydroxylation is 1. The van der Waals surface area contributed by atoms with Crippen LogP contribution in [0.4, 0.5) is 10.2 Å². The minimum absolute atomic E-state index is 0.0656. The molecule has 2 heterocycles. The molecule has 1 aliphatic heterocycles. The smallest absolute Gasteiger partial charge is 0.254 e. The standard InChI is InChI=1S/C21H26FN3O/c1-24(2)20-11-6-9-18(23-20)12-13-19-10-3-4-14-25(19)21(26)16-7-5-8-17(22)15-16/h5-9,11,15,19H,3-4,10,12-14H2,1-2H3/t19-/m0/s1. The number of amides is 1. The van der Waals surface area contributed by atoms with E-state index in [9.17, 15) is 9.18 Å². The van der Waals surface area contributed by atoms with Crippen molar-refractivity contribution in [2.45, 2.75) is 38.1 Å². The second-order valence-electron chi connectivity index (χ2n) is 7.08. The van der Waals surface area contributed by atoms with Crippen LogP contribution < -0.4 is 4.90 Å². The van der Waals surface area contributed by atoms with E-state index in [4.69, 9.17) is 0 Å². The van der Waals surface area contributed by atoms with Crippen LogP contribution in [0, 0.1) is 5.82 Å². The number of rotatable bonds is 5. The van der Waals surface area contributed by atoms with Gasteiger partial charge in [0.05, 0.1) is 0 Å². The molecule has 3 rings (SSSR count). The summed E-state index contributed by atoms with van der Waals surface area (Å²) in [5.41, 5.74) is 1.48. The van der Waals surface area contributed by atoms with Gasteiger partial charge in [0.15, 0.2) is 0 Å². The Kier molecular flexibility index (Phi) is 5.86. The quantitative estimate of drug-likeness (QED) is 0.816. The van der Waals surface area contributed by atoms with Gasteiger partial charge >= 0.3 is 0 Å². The summed E-state index contributed by atoms with van der Waals surface area (Å²) in [7, 11) is 3.96. The summed E-state index contributed by atoms with van der Waals surface area (Å²) >= 11 is 0. The highest BCUT2D eigenvalue weighted by molar-refractivity contribution is 5.94. The molecule has 1 atom stereocenters. The zero-order valence-electron chi connectivity index (χ0n) is 15.5. The van der Waals surface area contributed by atoms with Crippen molar-refractivity contribution in [3.63, 3.8) is 0 Å². The lowest BCUT2D eigenvalue weighted by molar-refractivity contribution is 0.0601. The van der Waals surface area contributed by atoms with E-state index < -0.39 is 0 Å². The van der Waals surface area contributed by atoms with Gasteiger partial charge in [-0.2, -0.15) is 0 Å². The van der Waals surface area contributed by atoms with Crippen LogP contribution in [0.15, 0.2) is 42.5 Å². The highest BCUT2D eigenvalue weighted by Crippen LogP contribution is 2.24. The Hall–Kier alpha value is -2.43. The molecule has 0 radical (unpaired) electrons. The topological polar surface area (TPSA) is 36.4 Å². The molecule has 5 heteroatoms. The Bertz CT molecular complexity index is 762. The van der Waals surface area contributed by atoms with Crippen molar-refractivity contribution in [3.05, 3.63) is 59.5 Å². The first-order valence-electron chi connectivity index (χ1n) is 9.24. The van der Waals surface area contributed by atoms with E-state index in [0.717, 1.165) is 50.2 Å². The molecular formula is C21H26FN3O. The van der Waals surface area contributed by atoms with E-state index in [-0.39, 0.29) is 17.8 Å². The van der Waals surface area contributed by atoms with Gasteiger partial charge in [-0.05, 0) is 62.4 Å². The average Bonchev–Trinajstić information content (AvgIpc) is 2.66. The summed E-state index contributed by atoms with van der Waals surface area (Å²) in [5.74, 6) is 0.511. The van der Waals surface area contributed by atoms with Gasteiger partial charge in [-0.15, -0.1) is 0 Å².